The van der Waals surface area contributed by atoms with Crippen LogP contribution in [0.1, 0.15) is 26.2 Å². The van der Waals surface area contributed by atoms with Crippen LogP contribution in [0.15, 0.2) is 36.5 Å². The topological polar surface area (TPSA) is 52.6 Å². The Kier molecular flexibility index (Phi) is 3.27. The van der Waals surface area contributed by atoms with Crippen molar-refractivity contribution in [2.75, 3.05) is 0 Å². The van der Waals surface area contributed by atoms with Gasteiger partial charge in [0.1, 0.15) is 12.2 Å². The van der Waals surface area contributed by atoms with E-state index in [4.69, 9.17) is 9.47 Å². The van der Waals surface area contributed by atoms with Crippen molar-refractivity contribution in [1.29, 1.82) is 0 Å². The minimum Gasteiger partial charge on any atom is -0.458 e. The summed E-state index contributed by atoms with van der Waals surface area (Å²) in [7, 11) is 0. The molecule has 0 aromatic rings. The third kappa shape index (κ3) is 2.13. The summed E-state index contributed by atoms with van der Waals surface area (Å²) < 4.78 is 10.9. The molecule has 0 radical (unpaired) electrons. The van der Waals surface area contributed by atoms with Crippen molar-refractivity contribution in [2.24, 2.45) is 17.8 Å². The number of ether oxygens (including phenoxy) is 2. The lowest BCUT2D eigenvalue weighted by atomic mass is 9.82. The summed E-state index contributed by atoms with van der Waals surface area (Å²) in [5.41, 5.74) is 2.53. The first-order valence-corrected chi connectivity index (χ1v) is 7.33. The molecule has 0 spiro atoms. The number of fused-ring (bicyclic) bond motifs is 3. The van der Waals surface area contributed by atoms with Gasteiger partial charge in [-0.1, -0.05) is 25.3 Å². The van der Waals surface area contributed by atoms with Crippen molar-refractivity contribution >= 4 is 11.9 Å². The lowest BCUT2D eigenvalue weighted by Crippen LogP contribution is -2.29. The first-order chi connectivity index (χ1) is 9.90. The molecule has 21 heavy (non-hydrogen) atoms. The predicted molar refractivity (Wildman–Crippen MR) is 77.2 cm³/mol. The Morgan fingerprint density at radius 2 is 2.00 bits per heavy atom. The number of esters is 2. The Balaban J connectivity index is 1.93. The molecule has 112 valence electrons. The lowest BCUT2D eigenvalue weighted by molar-refractivity contribution is -0.145. The quantitative estimate of drug-likeness (QED) is 0.423. The highest BCUT2D eigenvalue weighted by atomic mass is 16.6. The van der Waals surface area contributed by atoms with Gasteiger partial charge in [0.25, 0.3) is 0 Å². The van der Waals surface area contributed by atoms with Gasteiger partial charge in [0, 0.05) is 24.3 Å². The van der Waals surface area contributed by atoms with Crippen molar-refractivity contribution in [3.05, 3.63) is 36.5 Å². The van der Waals surface area contributed by atoms with Gasteiger partial charge in [-0.3, -0.25) is 4.79 Å². The second-order valence-corrected chi connectivity index (χ2v) is 6.24. The SMILES string of the molecule is C=C1C(=O)O[C@H]2C1CCC(=C)[C@@H]1C[C@H](OC(C)=O)C(=C)[C@@H]12. The molecule has 5 atom stereocenters. The van der Waals surface area contributed by atoms with Crippen molar-refractivity contribution < 1.29 is 19.1 Å². The Morgan fingerprint density at radius 3 is 2.67 bits per heavy atom. The van der Waals surface area contributed by atoms with Crippen LogP contribution in [0.2, 0.25) is 0 Å². The molecule has 3 fully saturated rings. The Morgan fingerprint density at radius 1 is 1.29 bits per heavy atom. The molecule has 4 nitrogen and oxygen atoms in total. The van der Waals surface area contributed by atoms with Gasteiger partial charge in [-0.15, -0.1) is 0 Å². The van der Waals surface area contributed by atoms with Crippen LogP contribution in [0, 0.1) is 17.8 Å². The summed E-state index contributed by atoms with van der Waals surface area (Å²) in [6, 6.07) is 0. The number of hydrogen-bond donors (Lipinski definition) is 0. The molecule has 1 saturated heterocycles. The third-order valence-corrected chi connectivity index (χ3v) is 5.06. The fraction of sp³-hybridized carbons (Fsp3) is 0.529. The summed E-state index contributed by atoms with van der Waals surface area (Å²) in [5, 5.41) is 0. The van der Waals surface area contributed by atoms with Gasteiger partial charge >= 0.3 is 11.9 Å². The molecule has 1 aliphatic heterocycles. The van der Waals surface area contributed by atoms with E-state index in [-0.39, 0.29) is 41.9 Å². The zero-order chi connectivity index (χ0) is 15.3. The largest absolute Gasteiger partial charge is 0.458 e. The molecule has 4 heteroatoms. The molecular weight excluding hydrogens is 268 g/mol. The molecular formula is C17H20O4. The number of hydrogen-bond acceptors (Lipinski definition) is 4. The van der Waals surface area contributed by atoms with Crippen LogP contribution in [0.5, 0.6) is 0 Å². The summed E-state index contributed by atoms with van der Waals surface area (Å²) in [5.74, 6) is -0.447. The van der Waals surface area contributed by atoms with Gasteiger partial charge in [-0.05, 0) is 30.8 Å². The van der Waals surface area contributed by atoms with Crippen LogP contribution in [0.25, 0.3) is 0 Å². The van der Waals surface area contributed by atoms with Crippen LogP contribution in [-0.2, 0) is 19.1 Å². The van der Waals surface area contributed by atoms with E-state index in [0.717, 1.165) is 24.0 Å². The molecule has 1 heterocycles. The normalized spacial score (nSPS) is 38.6. The highest BCUT2D eigenvalue weighted by molar-refractivity contribution is 5.91. The molecule has 2 saturated carbocycles. The summed E-state index contributed by atoms with van der Waals surface area (Å²) in [4.78, 5) is 23.1. The van der Waals surface area contributed by atoms with Crippen molar-refractivity contribution in [3.63, 3.8) is 0 Å². The molecule has 3 rings (SSSR count). The monoisotopic (exact) mass is 288 g/mol. The van der Waals surface area contributed by atoms with Gasteiger partial charge in [0.15, 0.2) is 0 Å². The van der Waals surface area contributed by atoms with Crippen LogP contribution in [-0.4, -0.2) is 24.1 Å². The van der Waals surface area contributed by atoms with Crippen LogP contribution in [0.4, 0.5) is 0 Å². The van der Waals surface area contributed by atoms with Gasteiger partial charge in [0.2, 0.25) is 0 Å². The fourth-order valence-electron chi connectivity index (χ4n) is 4.01. The van der Waals surface area contributed by atoms with E-state index in [2.05, 4.69) is 19.7 Å². The maximum Gasteiger partial charge on any atom is 0.334 e. The summed E-state index contributed by atoms with van der Waals surface area (Å²) in [6.07, 6.45) is 1.84. The number of allylic oxidation sites excluding steroid dienone is 1. The van der Waals surface area contributed by atoms with Gasteiger partial charge in [-0.2, -0.15) is 0 Å². The van der Waals surface area contributed by atoms with E-state index in [9.17, 15) is 9.59 Å². The first kappa shape index (κ1) is 14.1. The Hall–Kier alpha value is -1.84. The zero-order valence-electron chi connectivity index (χ0n) is 12.3. The van der Waals surface area contributed by atoms with Crippen LogP contribution < -0.4 is 0 Å². The third-order valence-electron chi connectivity index (χ3n) is 5.06. The smallest absolute Gasteiger partial charge is 0.334 e. The predicted octanol–water partition coefficient (Wildman–Crippen LogP) is 2.56. The van der Waals surface area contributed by atoms with E-state index < -0.39 is 0 Å². The number of carbonyl (C=O) groups excluding carboxylic acids is 2. The minimum atomic E-state index is -0.312. The second-order valence-electron chi connectivity index (χ2n) is 6.24. The summed E-state index contributed by atoms with van der Waals surface area (Å²) >= 11 is 0. The standard InChI is InChI=1S/C17H20O4/c1-8-5-6-12-9(2)17(19)21-16(12)15-10(3)14(7-13(8)15)20-11(4)18/h12-16H,1-3,5-7H2,4H3/t12?,13-,14-,15-,16-/m0/s1. The molecule has 0 aromatic carbocycles. The Labute approximate surface area is 124 Å². The lowest BCUT2D eigenvalue weighted by Gasteiger charge is -2.26. The van der Waals surface area contributed by atoms with Gasteiger partial charge in [0.05, 0.1) is 0 Å². The van der Waals surface area contributed by atoms with Gasteiger partial charge in [-0.25, -0.2) is 4.79 Å². The molecule has 0 amide bonds. The number of carbonyl (C=O) groups is 2. The Bertz CT molecular complexity index is 559. The van der Waals surface area contributed by atoms with Crippen molar-refractivity contribution in [2.45, 2.75) is 38.4 Å². The maximum atomic E-state index is 11.8. The average Bonchev–Trinajstić information content (AvgIpc) is 2.81. The van der Waals surface area contributed by atoms with Crippen molar-refractivity contribution in [1.82, 2.24) is 0 Å². The second kappa shape index (κ2) is 4.86. The molecule has 2 aliphatic carbocycles. The van der Waals surface area contributed by atoms with E-state index in [1.807, 2.05) is 0 Å². The molecule has 0 N–H and O–H groups in total. The zero-order valence-corrected chi connectivity index (χ0v) is 12.3. The molecule has 0 aromatic heterocycles. The molecule has 3 aliphatic rings. The maximum absolute atomic E-state index is 11.8. The summed E-state index contributed by atoms with van der Waals surface area (Å²) in [6.45, 7) is 13.6. The highest BCUT2D eigenvalue weighted by Crippen LogP contribution is 2.52. The fourth-order valence-corrected chi connectivity index (χ4v) is 4.01. The minimum absolute atomic E-state index is 0.0162. The van der Waals surface area contributed by atoms with E-state index in [1.165, 1.54) is 6.92 Å². The van der Waals surface area contributed by atoms with Gasteiger partial charge < -0.3 is 9.47 Å². The first-order valence-electron chi connectivity index (χ1n) is 7.33. The van der Waals surface area contributed by atoms with E-state index in [0.29, 0.717) is 12.0 Å². The molecule has 1 unspecified atom stereocenters. The molecule has 0 bridgehead atoms. The van der Waals surface area contributed by atoms with E-state index >= 15 is 0 Å². The van der Waals surface area contributed by atoms with Crippen molar-refractivity contribution in [3.8, 4) is 0 Å². The number of rotatable bonds is 1. The van der Waals surface area contributed by atoms with Crippen LogP contribution in [0.3, 0.4) is 0 Å². The van der Waals surface area contributed by atoms with Crippen LogP contribution >= 0.6 is 0 Å². The highest BCUT2D eigenvalue weighted by Gasteiger charge is 2.53. The average molecular weight is 288 g/mol. The van der Waals surface area contributed by atoms with E-state index in [1.54, 1.807) is 0 Å².